The fourth-order valence-corrected chi connectivity index (χ4v) is 2.70. The van der Waals surface area contributed by atoms with E-state index in [1.165, 1.54) is 0 Å². The van der Waals surface area contributed by atoms with E-state index >= 15 is 0 Å². The molecule has 2 N–H and O–H groups in total. The summed E-state index contributed by atoms with van der Waals surface area (Å²) in [5.41, 5.74) is 6.37. The molecule has 1 aliphatic rings. The fraction of sp³-hybridized carbons (Fsp3) is 0.733. The fourth-order valence-electron chi connectivity index (χ4n) is 2.70. The predicted molar refractivity (Wildman–Crippen MR) is 73.9 cm³/mol. The van der Waals surface area contributed by atoms with Crippen LogP contribution in [0.1, 0.15) is 62.2 Å². The Morgan fingerprint density at radius 1 is 1.42 bits per heavy atom. The summed E-state index contributed by atoms with van der Waals surface area (Å²) in [6, 6.07) is 2.13. The molecule has 0 radical (unpaired) electrons. The number of rotatable bonds is 5. The van der Waals surface area contributed by atoms with E-state index in [4.69, 9.17) is 10.3 Å². The van der Waals surface area contributed by atoms with Crippen LogP contribution in [0.3, 0.4) is 0 Å². The highest BCUT2D eigenvalue weighted by Gasteiger charge is 2.23. The predicted octanol–water partition coefficient (Wildman–Crippen LogP) is 2.96. The molecule has 1 fully saturated rings. The van der Waals surface area contributed by atoms with Crippen molar-refractivity contribution in [3.8, 4) is 0 Å². The third kappa shape index (κ3) is 4.16. The molecule has 2 rings (SSSR count). The van der Waals surface area contributed by atoms with Crippen LogP contribution in [-0.4, -0.2) is 17.0 Å². The molecule has 1 aliphatic carbocycles. The first-order valence-corrected chi connectivity index (χ1v) is 7.29. The maximum absolute atomic E-state index is 12.1. The van der Waals surface area contributed by atoms with Crippen LogP contribution in [0.4, 0.5) is 0 Å². The smallest absolute Gasteiger partial charge is 0.185 e. The zero-order valence-electron chi connectivity index (χ0n) is 11.9. The Morgan fingerprint density at radius 2 is 2.11 bits per heavy atom. The van der Waals surface area contributed by atoms with Crippen molar-refractivity contribution in [1.29, 1.82) is 0 Å². The van der Waals surface area contributed by atoms with Crippen LogP contribution < -0.4 is 5.73 Å². The van der Waals surface area contributed by atoms with Crippen LogP contribution >= 0.6 is 0 Å². The average molecular weight is 264 g/mol. The molecule has 1 aromatic heterocycles. The van der Waals surface area contributed by atoms with Gasteiger partial charge in [-0.1, -0.05) is 19.0 Å². The highest BCUT2D eigenvalue weighted by Crippen LogP contribution is 2.27. The second-order valence-electron chi connectivity index (χ2n) is 6.18. The van der Waals surface area contributed by atoms with Gasteiger partial charge in [0.2, 0.25) is 0 Å². The van der Waals surface area contributed by atoms with Crippen LogP contribution in [-0.2, 0) is 6.42 Å². The van der Waals surface area contributed by atoms with E-state index in [9.17, 15) is 4.79 Å². The molecule has 106 valence electrons. The van der Waals surface area contributed by atoms with E-state index in [1.54, 1.807) is 6.07 Å². The minimum Gasteiger partial charge on any atom is -0.361 e. The average Bonchev–Trinajstić information content (AvgIpc) is 2.80. The number of hydrogen-bond donors (Lipinski definition) is 1. The van der Waals surface area contributed by atoms with Crippen LogP contribution in [0, 0.1) is 11.8 Å². The SMILES string of the molecule is CC(C)Cc1cc(C(=O)CC2CCC(N)CC2)no1. The summed E-state index contributed by atoms with van der Waals surface area (Å²) in [5.74, 6) is 1.90. The van der Waals surface area contributed by atoms with E-state index in [1.807, 2.05) is 0 Å². The second kappa shape index (κ2) is 6.33. The first kappa shape index (κ1) is 14.3. The van der Waals surface area contributed by atoms with Gasteiger partial charge in [-0.25, -0.2) is 0 Å². The quantitative estimate of drug-likeness (QED) is 0.830. The molecule has 0 saturated heterocycles. The standard InChI is InChI=1S/C15H24N2O2/c1-10(2)7-13-9-14(17-19-13)15(18)8-11-3-5-12(16)6-4-11/h9-12H,3-8,16H2,1-2H3. The van der Waals surface area contributed by atoms with Crippen LogP contribution in [0.25, 0.3) is 0 Å². The van der Waals surface area contributed by atoms with Crippen molar-refractivity contribution < 1.29 is 9.32 Å². The largest absolute Gasteiger partial charge is 0.361 e. The summed E-state index contributed by atoms with van der Waals surface area (Å²) in [4.78, 5) is 12.1. The van der Waals surface area contributed by atoms with Gasteiger partial charge in [-0.15, -0.1) is 0 Å². The monoisotopic (exact) mass is 264 g/mol. The lowest BCUT2D eigenvalue weighted by Crippen LogP contribution is -2.27. The van der Waals surface area contributed by atoms with Gasteiger partial charge >= 0.3 is 0 Å². The Bertz CT molecular complexity index is 418. The first-order valence-electron chi connectivity index (χ1n) is 7.29. The van der Waals surface area contributed by atoms with Crippen LogP contribution in [0.5, 0.6) is 0 Å². The van der Waals surface area contributed by atoms with Crippen molar-refractivity contribution in [2.75, 3.05) is 0 Å². The highest BCUT2D eigenvalue weighted by molar-refractivity contribution is 5.94. The number of Topliss-reactive ketones (excluding diaryl/α,β-unsaturated/α-hetero) is 1. The van der Waals surface area contributed by atoms with E-state index in [0.717, 1.165) is 37.9 Å². The van der Waals surface area contributed by atoms with E-state index in [2.05, 4.69) is 19.0 Å². The van der Waals surface area contributed by atoms with Gasteiger partial charge in [-0.3, -0.25) is 4.79 Å². The van der Waals surface area contributed by atoms with Gasteiger partial charge < -0.3 is 10.3 Å². The van der Waals surface area contributed by atoms with E-state index in [-0.39, 0.29) is 5.78 Å². The number of carbonyl (C=O) groups is 1. The van der Waals surface area contributed by atoms with E-state index < -0.39 is 0 Å². The normalized spacial score (nSPS) is 23.8. The van der Waals surface area contributed by atoms with Crippen molar-refractivity contribution >= 4 is 5.78 Å². The third-order valence-electron chi connectivity index (χ3n) is 3.82. The molecule has 0 atom stereocenters. The summed E-state index contributed by atoms with van der Waals surface area (Å²) >= 11 is 0. The second-order valence-corrected chi connectivity index (χ2v) is 6.18. The lowest BCUT2D eigenvalue weighted by atomic mass is 9.83. The molecule has 0 bridgehead atoms. The Kier molecular flexibility index (Phi) is 4.75. The van der Waals surface area contributed by atoms with Crippen molar-refractivity contribution in [2.45, 2.75) is 58.4 Å². The number of ketones is 1. The van der Waals surface area contributed by atoms with Crippen LogP contribution in [0.2, 0.25) is 0 Å². The van der Waals surface area contributed by atoms with Gasteiger partial charge in [-0.2, -0.15) is 0 Å². The minimum atomic E-state index is 0.110. The summed E-state index contributed by atoms with van der Waals surface area (Å²) in [6.45, 7) is 4.24. The van der Waals surface area contributed by atoms with Gasteiger partial charge in [0.15, 0.2) is 5.78 Å². The molecular formula is C15H24N2O2. The van der Waals surface area contributed by atoms with E-state index in [0.29, 0.717) is 30.0 Å². The molecule has 0 amide bonds. The molecule has 0 aliphatic heterocycles. The Morgan fingerprint density at radius 3 is 2.74 bits per heavy atom. The molecular weight excluding hydrogens is 240 g/mol. The van der Waals surface area contributed by atoms with Gasteiger partial charge in [0, 0.05) is 24.9 Å². The summed E-state index contributed by atoms with van der Waals surface area (Å²) < 4.78 is 5.21. The summed E-state index contributed by atoms with van der Waals surface area (Å²) in [7, 11) is 0. The summed E-state index contributed by atoms with van der Waals surface area (Å²) in [6.07, 6.45) is 5.61. The molecule has 0 spiro atoms. The number of nitrogens with zero attached hydrogens (tertiary/aromatic N) is 1. The molecule has 0 aromatic carbocycles. The van der Waals surface area contributed by atoms with Crippen molar-refractivity contribution in [1.82, 2.24) is 5.16 Å². The molecule has 4 nitrogen and oxygen atoms in total. The van der Waals surface area contributed by atoms with Crippen LogP contribution in [0.15, 0.2) is 10.6 Å². The number of carbonyl (C=O) groups excluding carboxylic acids is 1. The molecule has 1 saturated carbocycles. The van der Waals surface area contributed by atoms with Gasteiger partial charge in [0.1, 0.15) is 11.5 Å². The molecule has 19 heavy (non-hydrogen) atoms. The zero-order chi connectivity index (χ0) is 13.8. The first-order chi connectivity index (χ1) is 9.04. The molecule has 4 heteroatoms. The number of aromatic nitrogens is 1. The Hall–Kier alpha value is -1.16. The lowest BCUT2D eigenvalue weighted by molar-refractivity contribution is 0.0939. The lowest BCUT2D eigenvalue weighted by Gasteiger charge is -2.25. The molecule has 1 aromatic rings. The third-order valence-corrected chi connectivity index (χ3v) is 3.82. The number of nitrogens with two attached hydrogens (primary N) is 1. The maximum Gasteiger partial charge on any atom is 0.185 e. The van der Waals surface area contributed by atoms with Gasteiger partial charge in [-0.05, 0) is 37.5 Å². The molecule has 0 unspecified atom stereocenters. The maximum atomic E-state index is 12.1. The topological polar surface area (TPSA) is 69.1 Å². The van der Waals surface area contributed by atoms with Gasteiger partial charge in [0.05, 0.1) is 0 Å². The number of hydrogen-bond acceptors (Lipinski definition) is 4. The zero-order valence-corrected chi connectivity index (χ0v) is 11.9. The summed E-state index contributed by atoms with van der Waals surface area (Å²) in [5, 5.41) is 3.90. The Labute approximate surface area is 114 Å². The van der Waals surface area contributed by atoms with Crippen molar-refractivity contribution in [2.24, 2.45) is 17.6 Å². The minimum absolute atomic E-state index is 0.110. The van der Waals surface area contributed by atoms with Crippen molar-refractivity contribution in [3.05, 3.63) is 17.5 Å². The Balaban J connectivity index is 1.87. The van der Waals surface area contributed by atoms with Crippen molar-refractivity contribution in [3.63, 3.8) is 0 Å². The molecule has 1 heterocycles. The highest BCUT2D eigenvalue weighted by atomic mass is 16.5. The van der Waals surface area contributed by atoms with Gasteiger partial charge in [0.25, 0.3) is 0 Å².